The van der Waals surface area contributed by atoms with Gasteiger partial charge in [0.05, 0.1) is 13.2 Å². The summed E-state index contributed by atoms with van der Waals surface area (Å²) in [6.45, 7) is 5.37. The molecule has 7 nitrogen and oxygen atoms in total. The van der Waals surface area contributed by atoms with Gasteiger partial charge in [0.15, 0.2) is 6.29 Å². The van der Waals surface area contributed by atoms with E-state index in [4.69, 9.17) is 18.9 Å². The van der Waals surface area contributed by atoms with Crippen molar-refractivity contribution in [1.29, 1.82) is 0 Å². The van der Waals surface area contributed by atoms with Gasteiger partial charge in [-0.1, -0.05) is 39.5 Å². The highest BCUT2D eigenvalue weighted by Crippen LogP contribution is 2.44. The summed E-state index contributed by atoms with van der Waals surface area (Å²) in [5.74, 6) is -4.84. The Kier molecular flexibility index (Phi) is 14.5. The number of carbonyl (C=O) groups is 2. The van der Waals surface area contributed by atoms with Crippen molar-refractivity contribution in [1.82, 2.24) is 0 Å². The molecule has 1 saturated carbocycles. The van der Waals surface area contributed by atoms with Gasteiger partial charge in [0.1, 0.15) is 12.2 Å². The first-order valence-corrected chi connectivity index (χ1v) is 14.7. The van der Waals surface area contributed by atoms with E-state index in [2.05, 4.69) is 0 Å². The minimum Gasteiger partial charge on any atom is -0.469 e. The summed E-state index contributed by atoms with van der Waals surface area (Å²) in [6, 6.07) is 0. The van der Waals surface area contributed by atoms with Crippen molar-refractivity contribution in [2.45, 2.75) is 141 Å². The monoisotopic (exact) mass is 548 g/mol. The normalized spacial score (nSPS) is 27.6. The van der Waals surface area contributed by atoms with E-state index in [0.29, 0.717) is 38.7 Å². The molecule has 38 heavy (non-hydrogen) atoms. The van der Waals surface area contributed by atoms with Gasteiger partial charge in [0.2, 0.25) is 0 Å². The van der Waals surface area contributed by atoms with Crippen LogP contribution in [-0.2, 0) is 28.5 Å². The molecule has 1 aliphatic carbocycles. The van der Waals surface area contributed by atoms with Gasteiger partial charge in [-0.05, 0) is 57.3 Å². The molecule has 2 rings (SSSR count). The maximum absolute atomic E-state index is 14.9. The number of rotatable bonds is 17. The molecule has 7 atom stereocenters. The number of esters is 2. The van der Waals surface area contributed by atoms with Crippen LogP contribution >= 0.6 is 0 Å². The van der Waals surface area contributed by atoms with E-state index in [-0.39, 0.29) is 48.7 Å². The fourth-order valence-corrected chi connectivity index (χ4v) is 6.05. The molecule has 1 heterocycles. The number of alkyl halides is 2. The van der Waals surface area contributed by atoms with Crippen LogP contribution in [0.1, 0.15) is 111 Å². The Labute approximate surface area is 227 Å². The summed E-state index contributed by atoms with van der Waals surface area (Å²) in [5, 5.41) is 10.5. The number of ether oxygens (including phenoxy) is 4. The molecule has 0 aromatic heterocycles. The van der Waals surface area contributed by atoms with Gasteiger partial charge in [-0.25, -0.2) is 8.78 Å². The number of hydrogen-bond donors (Lipinski definition) is 1. The van der Waals surface area contributed by atoms with Crippen LogP contribution in [0.4, 0.5) is 8.78 Å². The molecular weight excluding hydrogens is 498 g/mol. The molecule has 2 unspecified atom stereocenters. The predicted molar refractivity (Wildman–Crippen MR) is 140 cm³/mol. The van der Waals surface area contributed by atoms with Gasteiger partial charge in [0, 0.05) is 38.2 Å². The first-order chi connectivity index (χ1) is 18.1. The second-order valence-electron chi connectivity index (χ2n) is 11.2. The lowest BCUT2D eigenvalue weighted by molar-refractivity contribution is -0.198. The Balaban J connectivity index is 2.09. The van der Waals surface area contributed by atoms with E-state index in [1.165, 1.54) is 21.0 Å². The fraction of sp³-hybridized carbons (Fsp3) is 0.931. The molecular formula is C29H50F2O7. The standard InChI is InChI=1S/C29H50F2O7/c1-5-12-20(2)29(30,31)26(33)17-16-23-22(13-8-6-7-9-14-27(34)35-4)24(37-21(3)32)19-25(23)38-28-15-10-11-18-36-28/h20,22-26,28,33H,5-19H2,1-4H3/t20-,22-,23-,24+,25-,26?,28?/m1/s1. The Bertz CT molecular complexity index is 698. The Hall–Kier alpha value is -1.32. The maximum Gasteiger partial charge on any atom is 0.305 e. The first-order valence-electron chi connectivity index (χ1n) is 14.7. The van der Waals surface area contributed by atoms with Gasteiger partial charge < -0.3 is 24.1 Å². The summed E-state index contributed by atoms with van der Waals surface area (Å²) in [7, 11) is 1.38. The second-order valence-corrected chi connectivity index (χ2v) is 11.2. The lowest BCUT2D eigenvalue weighted by Gasteiger charge is -2.33. The molecule has 0 amide bonds. The lowest BCUT2D eigenvalue weighted by Crippen LogP contribution is -2.40. The summed E-state index contributed by atoms with van der Waals surface area (Å²) in [4.78, 5) is 23.3. The topological polar surface area (TPSA) is 91.3 Å². The Morgan fingerprint density at radius 2 is 1.76 bits per heavy atom. The quantitative estimate of drug-likeness (QED) is 0.171. The lowest BCUT2D eigenvalue weighted by atomic mass is 9.83. The van der Waals surface area contributed by atoms with Crippen LogP contribution in [-0.4, -0.2) is 61.3 Å². The zero-order valence-corrected chi connectivity index (χ0v) is 23.8. The molecule has 1 saturated heterocycles. The van der Waals surface area contributed by atoms with Crippen LogP contribution in [0.2, 0.25) is 0 Å². The molecule has 1 N–H and O–H groups in total. The second kappa shape index (κ2) is 16.7. The van der Waals surface area contributed by atoms with Crippen molar-refractivity contribution in [2.24, 2.45) is 17.8 Å². The molecule has 1 aliphatic heterocycles. The first kappa shape index (κ1) is 32.9. The third-order valence-corrected chi connectivity index (χ3v) is 8.24. The van der Waals surface area contributed by atoms with Crippen LogP contribution in [0.5, 0.6) is 0 Å². The predicted octanol–water partition coefficient (Wildman–Crippen LogP) is 6.19. The van der Waals surface area contributed by atoms with E-state index in [1.54, 1.807) is 0 Å². The zero-order valence-electron chi connectivity index (χ0n) is 23.8. The van der Waals surface area contributed by atoms with E-state index in [1.807, 2.05) is 6.92 Å². The number of carbonyl (C=O) groups excluding carboxylic acids is 2. The van der Waals surface area contributed by atoms with Gasteiger partial charge in [-0.2, -0.15) is 0 Å². The molecule has 222 valence electrons. The number of unbranched alkanes of at least 4 members (excludes halogenated alkanes) is 3. The van der Waals surface area contributed by atoms with Crippen molar-refractivity contribution >= 4 is 11.9 Å². The molecule has 9 heteroatoms. The Morgan fingerprint density at radius 1 is 1.05 bits per heavy atom. The fourth-order valence-electron chi connectivity index (χ4n) is 6.05. The van der Waals surface area contributed by atoms with Gasteiger partial charge in [0.25, 0.3) is 5.92 Å². The summed E-state index contributed by atoms with van der Waals surface area (Å²) < 4.78 is 52.3. The third-order valence-electron chi connectivity index (χ3n) is 8.24. The molecule has 0 bridgehead atoms. The highest BCUT2D eigenvalue weighted by molar-refractivity contribution is 5.69. The van der Waals surface area contributed by atoms with Crippen LogP contribution in [0, 0.1) is 17.8 Å². The summed E-state index contributed by atoms with van der Waals surface area (Å²) >= 11 is 0. The number of hydrogen-bond acceptors (Lipinski definition) is 7. The van der Waals surface area contributed by atoms with Crippen molar-refractivity contribution in [2.75, 3.05) is 13.7 Å². The highest BCUT2D eigenvalue weighted by atomic mass is 19.3. The average molecular weight is 549 g/mol. The van der Waals surface area contributed by atoms with Crippen molar-refractivity contribution in [3.05, 3.63) is 0 Å². The van der Waals surface area contributed by atoms with Crippen LogP contribution in [0.3, 0.4) is 0 Å². The van der Waals surface area contributed by atoms with E-state index < -0.39 is 17.9 Å². The van der Waals surface area contributed by atoms with Crippen LogP contribution < -0.4 is 0 Å². The largest absolute Gasteiger partial charge is 0.469 e. The maximum atomic E-state index is 14.9. The minimum absolute atomic E-state index is 0.0421. The molecule has 0 radical (unpaired) electrons. The smallest absolute Gasteiger partial charge is 0.305 e. The SMILES string of the molecule is CCC[C@@H](C)C(F)(F)C(O)CC[C@@H]1[C@@H](CCCCCCC(=O)OC)[C@@H](OC(C)=O)C[C@H]1OC1CCCCO1. The van der Waals surface area contributed by atoms with Crippen molar-refractivity contribution in [3.8, 4) is 0 Å². The third kappa shape index (κ3) is 10.3. The van der Waals surface area contributed by atoms with Gasteiger partial charge in [-0.15, -0.1) is 0 Å². The molecule has 2 aliphatic rings. The van der Waals surface area contributed by atoms with Gasteiger partial charge >= 0.3 is 11.9 Å². The number of halogens is 2. The van der Waals surface area contributed by atoms with E-state index in [0.717, 1.165) is 51.4 Å². The van der Waals surface area contributed by atoms with Gasteiger partial charge in [-0.3, -0.25) is 9.59 Å². The van der Waals surface area contributed by atoms with Crippen molar-refractivity contribution in [3.63, 3.8) is 0 Å². The summed E-state index contributed by atoms with van der Waals surface area (Å²) in [6.07, 6.45) is 6.36. The van der Waals surface area contributed by atoms with E-state index >= 15 is 0 Å². The highest BCUT2D eigenvalue weighted by Gasteiger charge is 2.48. The molecule has 0 spiro atoms. The molecule has 2 fully saturated rings. The average Bonchev–Trinajstić information content (AvgIpc) is 3.19. The van der Waals surface area contributed by atoms with Crippen LogP contribution in [0.25, 0.3) is 0 Å². The summed E-state index contributed by atoms with van der Waals surface area (Å²) in [5.41, 5.74) is 0. The molecule has 0 aromatic carbocycles. The van der Waals surface area contributed by atoms with E-state index in [9.17, 15) is 23.5 Å². The van der Waals surface area contributed by atoms with Crippen LogP contribution in [0.15, 0.2) is 0 Å². The Morgan fingerprint density at radius 3 is 2.39 bits per heavy atom. The zero-order chi connectivity index (χ0) is 28.1. The number of aliphatic hydroxyl groups is 1. The molecule has 0 aromatic rings. The van der Waals surface area contributed by atoms with Crippen molar-refractivity contribution < 1.29 is 42.4 Å². The minimum atomic E-state index is -3.16. The number of aliphatic hydroxyl groups excluding tert-OH is 1. The number of methoxy groups -OCH3 is 1.